The van der Waals surface area contributed by atoms with Crippen molar-refractivity contribution >= 4 is 34.8 Å². The largest absolute Gasteiger partial charge is 0.497 e. The Morgan fingerprint density at radius 3 is 2.31 bits per heavy atom. The van der Waals surface area contributed by atoms with E-state index < -0.39 is 0 Å². The summed E-state index contributed by atoms with van der Waals surface area (Å²) in [5, 5.41) is 6.31. The second-order valence-electron chi connectivity index (χ2n) is 8.12. The molecule has 3 aromatic carbocycles. The number of amides is 2. The normalized spacial score (nSPS) is 10.6. The van der Waals surface area contributed by atoms with Crippen LogP contribution in [0.2, 0.25) is 5.02 Å². The first-order valence-electron chi connectivity index (χ1n) is 11.0. The fourth-order valence-electron chi connectivity index (χ4n) is 3.47. The van der Waals surface area contributed by atoms with Crippen LogP contribution in [0.3, 0.4) is 0 Å². The molecule has 178 valence electrons. The van der Waals surface area contributed by atoms with E-state index in [2.05, 4.69) is 15.6 Å². The molecule has 35 heavy (non-hydrogen) atoms. The number of nitrogens with zero attached hydrogens (tertiary/aromatic N) is 2. The van der Waals surface area contributed by atoms with Gasteiger partial charge in [-0.05, 0) is 60.0 Å². The molecule has 0 radical (unpaired) electrons. The van der Waals surface area contributed by atoms with E-state index in [1.807, 2.05) is 66.1 Å². The molecule has 1 heterocycles. The van der Waals surface area contributed by atoms with Gasteiger partial charge in [0.05, 0.1) is 19.9 Å². The molecule has 0 aliphatic carbocycles. The van der Waals surface area contributed by atoms with Crippen molar-refractivity contribution in [2.24, 2.45) is 0 Å². The average molecular weight is 489 g/mol. The molecule has 0 aliphatic rings. The molecule has 4 rings (SSSR count). The number of rotatable bonds is 8. The minimum atomic E-state index is -0.307. The van der Waals surface area contributed by atoms with Gasteiger partial charge >= 0.3 is 0 Å². The van der Waals surface area contributed by atoms with E-state index in [1.165, 1.54) is 0 Å². The number of carbonyl (C=O) groups is 2. The third kappa shape index (κ3) is 6.49. The number of benzene rings is 3. The minimum Gasteiger partial charge on any atom is -0.497 e. The van der Waals surface area contributed by atoms with Gasteiger partial charge in [0, 0.05) is 29.1 Å². The maximum absolute atomic E-state index is 12.5. The van der Waals surface area contributed by atoms with Crippen molar-refractivity contribution in [3.8, 4) is 5.75 Å². The summed E-state index contributed by atoms with van der Waals surface area (Å²) in [5.41, 5.74) is 4.50. The Labute approximate surface area is 208 Å². The molecule has 0 unspecified atom stereocenters. The number of hydrogen-bond acceptors (Lipinski definition) is 4. The summed E-state index contributed by atoms with van der Waals surface area (Å²) < 4.78 is 6.97. The van der Waals surface area contributed by atoms with E-state index in [1.54, 1.807) is 31.8 Å². The highest BCUT2D eigenvalue weighted by Gasteiger charge is 2.11. The Morgan fingerprint density at radius 1 is 0.943 bits per heavy atom. The van der Waals surface area contributed by atoms with Crippen LogP contribution >= 0.6 is 11.6 Å². The minimum absolute atomic E-state index is 0.0944. The molecule has 8 heteroatoms. The number of ether oxygens (including phenoxy) is 1. The first-order valence-corrected chi connectivity index (χ1v) is 11.4. The summed E-state index contributed by atoms with van der Waals surface area (Å²) in [5.74, 6) is 0.355. The van der Waals surface area contributed by atoms with Crippen LogP contribution in [0.15, 0.2) is 79.3 Å². The van der Waals surface area contributed by atoms with Crippen LogP contribution in [-0.4, -0.2) is 28.5 Å². The van der Waals surface area contributed by atoms with Crippen LogP contribution in [0, 0.1) is 6.92 Å². The van der Waals surface area contributed by atoms with Crippen molar-refractivity contribution in [3.63, 3.8) is 0 Å². The van der Waals surface area contributed by atoms with Crippen LogP contribution in [0.4, 0.5) is 11.4 Å². The van der Waals surface area contributed by atoms with Crippen LogP contribution in [0.5, 0.6) is 5.75 Å². The molecule has 0 saturated heterocycles. The van der Waals surface area contributed by atoms with E-state index in [0.29, 0.717) is 22.9 Å². The first-order chi connectivity index (χ1) is 16.9. The number of halogens is 1. The van der Waals surface area contributed by atoms with Crippen molar-refractivity contribution in [1.82, 2.24) is 9.55 Å². The zero-order chi connectivity index (χ0) is 24.8. The van der Waals surface area contributed by atoms with E-state index in [0.717, 1.165) is 28.1 Å². The summed E-state index contributed by atoms with van der Waals surface area (Å²) in [6.45, 7) is 2.44. The highest BCUT2D eigenvalue weighted by atomic mass is 35.5. The van der Waals surface area contributed by atoms with Gasteiger partial charge in [-0.15, -0.1) is 0 Å². The Kier molecular flexibility index (Phi) is 7.48. The van der Waals surface area contributed by atoms with Crippen LogP contribution in [-0.2, 0) is 17.8 Å². The molecule has 1 aromatic heterocycles. The summed E-state index contributed by atoms with van der Waals surface area (Å²) in [6, 6.07) is 20.3. The van der Waals surface area contributed by atoms with Crippen LogP contribution < -0.4 is 15.4 Å². The summed E-state index contributed by atoms with van der Waals surface area (Å²) in [4.78, 5) is 29.1. The first kappa shape index (κ1) is 24.0. The summed E-state index contributed by atoms with van der Waals surface area (Å²) in [7, 11) is 1.61. The Hall–Kier alpha value is -4.10. The number of carbonyl (C=O) groups excluding carboxylic acids is 2. The van der Waals surface area contributed by atoms with E-state index in [9.17, 15) is 9.59 Å². The van der Waals surface area contributed by atoms with Gasteiger partial charge in [0.2, 0.25) is 5.91 Å². The maximum atomic E-state index is 12.5. The molecule has 2 amide bonds. The smallest absolute Gasteiger partial charge is 0.275 e. The predicted octanol–water partition coefficient (Wildman–Crippen LogP) is 5.34. The SMILES string of the molecule is COc1ccc(CC(=O)Nc2ccc(Cn3cnc(C(=O)Nc4ccc(C)c(Cl)c4)c3)cc2)cc1. The van der Waals surface area contributed by atoms with E-state index in [-0.39, 0.29) is 18.2 Å². The number of nitrogens with one attached hydrogen (secondary N) is 2. The van der Waals surface area contributed by atoms with Gasteiger partial charge in [0.25, 0.3) is 5.91 Å². The highest BCUT2D eigenvalue weighted by Crippen LogP contribution is 2.20. The third-order valence-electron chi connectivity index (χ3n) is 5.42. The molecule has 4 aromatic rings. The monoisotopic (exact) mass is 488 g/mol. The standard InChI is InChI=1S/C27H25ClN4O3/c1-18-3-8-22(14-24(18)28)31-27(34)25-16-32(17-29-25)15-20-4-9-21(10-5-20)30-26(33)13-19-6-11-23(35-2)12-7-19/h3-12,14,16-17H,13,15H2,1-2H3,(H,30,33)(H,31,34). The predicted molar refractivity (Wildman–Crippen MR) is 137 cm³/mol. The molecular formula is C27H25ClN4O3. The molecule has 0 spiro atoms. The molecule has 0 bridgehead atoms. The number of aryl methyl sites for hydroxylation is 1. The second-order valence-corrected chi connectivity index (χ2v) is 8.53. The molecule has 7 nitrogen and oxygen atoms in total. The van der Waals surface area contributed by atoms with Gasteiger partial charge < -0.3 is 19.9 Å². The lowest BCUT2D eigenvalue weighted by molar-refractivity contribution is -0.115. The third-order valence-corrected chi connectivity index (χ3v) is 5.83. The molecular weight excluding hydrogens is 464 g/mol. The van der Waals surface area contributed by atoms with Crippen molar-refractivity contribution in [2.45, 2.75) is 19.9 Å². The molecule has 0 aliphatic heterocycles. The van der Waals surface area contributed by atoms with Gasteiger partial charge in [-0.1, -0.05) is 41.9 Å². The summed E-state index contributed by atoms with van der Waals surface area (Å²) in [6.07, 6.45) is 3.58. The van der Waals surface area contributed by atoms with Gasteiger partial charge in [-0.2, -0.15) is 0 Å². The number of anilines is 2. The fourth-order valence-corrected chi connectivity index (χ4v) is 3.65. The number of hydrogen-bond donors (Lipinski definition) is 2. The topological polar surface area (TPSA) is 85.2 Å². The van der Waals surface area contributed by atoms with Gasteiger partial charge in [0.1, 0.15) is 11.4 Å². The van der Waals surface area contributed by atoms with Gasteiger partial charge in [-0.25, -0.2) is 4.98 Å². The molecule has 0 fully saturated rings. The number of imidazole rings is 1. The highest BCUT2D eigenvalue weighted by molar-refractivity contribution is 6.31. The van der Waals surface area contributed by atoms with E-state index in [4.69, 9.17) is 16.3 Å². The lowest BCUT2D eigenvalue weighted by Crippen LogP contribution is -2.14. The Balaban J connectivity index is 1.31. The summed E-state index contributed by atoms with van der Waals surface area (Å²) >= 11 is 6.12. The van der Waals surface area contributed by atoms with E-state index >= 15 is 0 Å². The Bertz CT molecular complexity index is 1330. The van der Waals surface area contributed by atoms with Crippen LogP contribution in [0.25, 0.3) is 0 Å². The molecule has 0 atom stereocenters. The maximum Gasteiger partial charge on any atom is 0.275 e. The molecule has 2 N–H and O–H groups in total. The van der Waals surface area contributed by atoms with Crippen molar-refractivity contribution in [1.29, 1.82) is 0 Å². The van der Waals surface area contributed by atoms with Crippen molar-refractivity contribution < 1.29 is 14.3 Å². The average Bonchev–Trinajstić information content (AvgIpc) is 3.32. The Morgan fingerprint density at radius 2 is 1.63 bits per heavy atom. The zero-order valence-corrected chi connectivity index (χ0v) is 20.2. The van der Waals surface area contributed by atoms with Crippen molar-refractivity contribution in [3.05, 3.63) is 107 Å². The number of aromatic nitrogens is 2. The zero-order valence-electron chi connectivity index (χ0n) is 19.4. The lowest BCUT2D eigenvalue weighted by Gasteiger charge is -2.08. The van der Waals surface area contributed by atoms with Crippen molar-refractivity contribution in [2.75, 3.05) is 17.7 Å². The second kappa shape index (κ2) is 10.9. The van der Waals surface area contributed by atoms with Crippen LogP contribution in [0.1, 0.15) is 27.2 Å². The molecule has 0 saturated carbocycles. The fraction of sp³-hybridized carbons (Fsp3) is 0.148. The quantitative estimate of drug-likeness (QED) is 0.351. The lowest BCUT2D eigenvalue weighted by atomic mass is 10.1. The van der Waals surface area contributed by atoms with Gasteiger partial charge in [0.15, 0.2) is 0 Å². The number of methoxy groups -OCH3 is 1. The van der Waals surface area contributed by atoms with Gasteiger partial charge in [-0.3, -0.25) is 9.59 Å².